The number of aromatic nitrogens is 2. The lowest BCUT2D eigenvalue weighted by molar-refractivity contribution is -0.141. The zero-order valence-corrected chi connectivity index (χ0v) is 13.5. The molecule has 0 atom stereocenters. The normalized spacial score (nSPS) is 11.4. The molecular weight excluding hydrogens is 347 g/mol. The second-order valence-electron chi connectivity index (χ2n) is 5.09. The van der Waals surface area contributed by atoms with Crippen molar-refractivity contribution in [1.29, 1.82) is 0 Å². The van der Waals surface area contributed by atoms with Crippen LogP contribution < -0.4 is 5.32 Å². The number of benzene rings is 1. The zero-order chi connectivity index (χ0) is 18.1. The summed E-state index contributed by atoms with van der Waals surface area (Å²) < 4.78 is 39.1. The Hall–Kier alpha value is -2.35. The maximum Gasteiger partial charge on any atom is 0.436 e. The molecule has 1 N–H and O–H groups in total. The van der Waals surface area contributed by atoms with Crippen LogP contribution in [0.3, 0.4) is 0 Å². The van der Waals surface area contributed by atoms with E-state index in [1.165, 1.54) is 38.1 Å². The van der Waals surface area contributed by atoms with Crippen molar-refractivity contribution in [1.82, 2.24) is 9.78 Å². The molecule has 0 saturated heterocycles. The van der Waals surface area contributed by atoms with E-state index in [-0.39, 0.29) is 11.5 Å². The quantitative estimate of drug-likeness (QED) is 0.846. The predicted molar refractivity (Wildman–Crippen MR) is 82.1 cm³/mol. The van der Waals surface area contributed by atoms with Crippen LogP contribution in [-0.4, -0.2) is 21.5 Å². The van der Waals surface area contributed by atoms with E-state index in [0.29, 0.717) is 11.3 Å². The minimum absolute atomic E-state index is 0.0473. The molecule has 0 saturated carbocycles. The van der Waals surface area contributed by atoms with Crippen LogP contribution in [0, 0.1) is 6.92 Å². The number of hydrogen-bond acceptors (Lipinski definition) is 3. The molecule has 0 fully saturated rings. The van der Waals surface area contributed by atoms with Crippen molar-refractivity contribution in [2.75, 3.05) is 5.32 Å². The van der Waals surface area contributed by atoms with Gasteiger partial charge in [0, 0.05) is 11.3 Å². The van der Waals surface area contributed by atoms with Gasteiger partial charge in [0.1, 0.15) is 6.54 Å². The van der Waals surface area contributed by atoms with Gasteiger partial charge in [0.05, 0.1) is 10.7 Å². The average Bonchev–Trinajstić information content (AvgIpc) is 2.76. The number of nitrogens with zero attached hydrogens (tertiary/aromatic N) is 2. The number of hydrogen-bond donors (Lipinski definition) is 1. The number of halogens is 4. The van der Waals surface area contributed by atoms with Crippen LogP contribution in [0.2, 0.25) is 5.02 Å². The van der Waals surface area contributed by atoms with E-state index in [2.05, 4.69) is 10.4 Å². The molecule has 9 heteroatoms. The lowest BCUT2D eigenvalue weighted by Crippen LogP contribution is -2.20. The molecule has 2 rings (SSSR count). The number of anilines is 1. The van der Waals surface area contributed by atoms with E-state index in [1.54, 1.807) is 0 Å². The average molecular weight is 360 g/mol. The summed E-state index contributed by atoms with van der Waals surface area (Å²) in [5.41, 5.74) is -0.277. The Bertz CT molecular complexity index is 782. The molecular formula is C15H13ClF3N3O2. The Labute approximate surface area is 140 Å². The summed E-state index contributed by atoms with van der Waals surface area (Å²) in [5, 5.41) is 5.34. The molecule has 1 heterocycles. The Balaban J connectivity index is 2.11. The summed E-state index contributed by atoms with van der Waals surface area (Å²) in [7, 11) is 0. The molecule has 128 valence electrons. The highest BCUT2D eigenvalue weighted by molar-refractivity contribution is 6.32. The monoisotopic (exact) mass is 359 g/mol. The fourth-order valence-corrected chi connectivity index (χ4v) is 2.23. The van der Waals surface area contributed by atoms with Gasteiger partial charge in [-0.1, -0.05) is 11.6 Å². The summed E-state index contributed by atoms with van der Waals surface area (Å²) >= 11 is 5.62. The first-order valence-corrected chi connectivity index (χ1v) is 7.18. The molecule has 1 aromatic carbocycles. The highest BCUT2D eigenvalue weighted by atomic mass is 35.5. The van der Waals surface area contributed by atoms with E-state index < -0.39 is 29.3 Å². The predicted octanol–water partition coefficient (Wildman–Crippen LogP) is 3.71. The van der Waals surface area contributed by atoms with Gasteiger partial charge in [-0.25, -0.2) is 0 Å². The highest BCUT2D eigenvalue weighted by Crippen LogP contribution is 2.35. The third-order valence-corrected chi connectivity index (χ3v) is 3.72. The number of carbonyl (C=O) groups excluding carboxylic acids is 2. The standard InChI is InChI=1S/C15H13ClF3N3O2/c1-8-13(16)14(15(17,18)19)21-22(8)7-12(24)20-11-5-3-10(4-6-11)9(2)23/h3-6H,7H2,1-2H3,(H,20,24). The van der Waals surface area contributed by atoms with E-state index in [1.807, 2.05) is 0 Å². The highest BCUT2D eigenvalue weighted by Gasteiger charge is 2.38. The number of nitrogens with one attached hydrogen (secondary N) is 1. The summed E-state index contributed by atoms with van der Waals surface area (Å²) in [4.78, 5) is 23.1. The van der Waals surface area contributed by atoms with E-state index in [0.717, 1.165) is 4.68 Å². The van der Waals surface area contributed by atoms with Crippen molar-refractivity contribution in [3.05, 3.63) is 46.2 Å². The van der Waals surface area contributed by atoms with E-state index >= 15 is 0 Å². The van der Waals surface area contributed by atoms with Gasteiger partial charge in [0.2, 0.25) is 5.91 Å². The Morgan fingerprint density at radius 2 is 1.83 bits per heavy atom. The SMILES string of the molecule is CC(=O)c1ccc(NC(=O)Cn2nc(C(F)(F)F)c(Cl)c2C)cc1. The molecule has 24 heavy (non-hydrogen) atoms. The molecule has 0 unspecified atom stereocenters. The summed E-state index contributed by atoms with van der Waals surface area (Å²) in [6.45, 7) is 2.34. The number of rotatable bonds is 4. The van der Waals surface area contributed by atoms with E-state index in [9.17, 15) is 22.8 Å². The third-order valence-electron chi connectivity index (χ3n) is 3.27. The van der Waals surface area contributed by atoms with Gasteiger partial charge in [-0.05, 0) is 38.1 Å². The number of alkyl halides is 3. The first-order valence-electron chi connectivity index (χ1n) is 6.80. The maximum absolute atomic E-state index is 12.7. The molecule has 0 aliphatic carbocycles. The van der Waals surface area contributed by atoms with Gasteiger partial charge in [0.15, 0.2) is 11.5 Å². The van der Waals surface area contributed by atoms with Crippen LogP contribution in [0.4, 0.5) is 18.9 Å². The minimum atomic E-state index is -4.69. The molecule has 1 amide bonds. The number of Topliss-reactive ketones (excluding diaryl/α,β-unsaturated/α-hetero) is 1. The van der Waals surface area contributed by atoms with Crippen molar-refractivity contribution in [3.8, 4) is 0 Å². The van der Waals surface area contributed by atoms with Crippen molar-refractivity contribution >= 4 is 29.0 Å². The van der Waals surface area contributed by atoms with Gasteiger partial charge < -0.3 is 5.32 Å². The molecule has 1 aromatic heterocycles. The van der Waals surface area contributed by atoms with Crippen molar-refractivity contribution < 1.29 is 22.8 Å². The molecule has 0 aliphatic rings. The summed E-state index contributed by atoms with van der Waals surface area (Å²) in [5.74, 6) is -0.684. The Morgan fingerprint density at radius 3 is 2.29 bits per heavy atom. The van der Waals surface area contributed by atoms with Gasteiger partial charge in [-0.3, -0.25) is 14.3 Å². The van der Waals surface area contributed by atoms with Crippen LogP contribution in [-0.2, 0) is 17.5 Å². The van der Waals surface area contributed by atoms with Crippen LogP contribution >= 0.6 is 11.6 Å². The molecule has 5 nitrogen and oxygen atoms in total. The molecule has 2 aromatic rings. The molecule has 0 spiro atoms. The summed E-state index contributed by atoms with van der Waals surface area (Å²) in [6.07, 6.45) is -4.69. The second kappa shape index (κ2) is 6.64. The second-order valence-corrected chi connectivity index (χ2v) is 5.46. The first-order chi connectivity index (χ1) is 11.1. The van der Waals surface area contributed by atoms with Gasteiger partial charge in [-0.15, -0.1) is 0 Å². The fraction of sp³-hybridized carbons (Fsp3) is 0.267. The van der Waals surface area contributed by atoms with Gasteiger partial charge in [0.25, 0.3) is 0 Å². The first kappa shape index (κ1) is 18.0. The van der Waals surface area contributed by atoms with Crippen LogP contribution in [0.1, 0.15) is 28.7 Å². The van der Waals surface area contributed by atoms with Crippen LogP contribution in [0.5, 0.6) is 0 Å². The zero-order valence-electron chi connectivity index (χ0n) is 12.7. The fourth-order valence-electron chi connectivity index (χ4n) is 1.98. The van der Waals surface area contributed by atoms with Gasteiger partial charge >= 0.3 is 6.18 Å². The lowest BCUT2D eigenvalue weighted by atomic mass is 10.1. The lowest BCUT2D eigenvalue weighted by Gasteiger charge is -2.07. The Morgan fingerprint density at radius 1 is 1.25 bits per heavy atom. The molecule has 0 aliphatic heterocycles. The number of amides is 1. The molecule has 0 bridgehead atoms. The molecule has 0 radical (unpaired) electrons. The smallest absolute Gasteiger partial charge is 0.324 e. The third kappa shape index (κ3) is 3.94. The van der Waals surface area contributed by atoms with Gasteiger partial charge in [-0.2, -0.15) is 18.3 Å². The van der Waals surface area contributed by atoms with Crippen LogP contribution in [0.15, 0.2) is 24.3 Å². The minimum Gasteiger partial charge on any atom is -0.324 e. The van der Waals surface area contributed by atoms with Crippen LogP contribution in [0.25, 0.3) is 0 Å². The van der Waals surface area contributed by atoms with E-state index in [4.69, 9.17) is 11.6 Å². The van der Waals surface area contributed by atoms with Crippen molar-refractivity contribution in [2.45, 2.75) is 26.6 Å². The number of ketones is 1. The Kier molecular flexibility index (Phi) is 4.98. The maximum atomic E-state index is 12.7. The largest absolute Gasteiger partial charge is 0.436 e. The summed E-state index contributed by atoms with van der Waals surface area (Å²) in [6, 6.07) is 6.13. The number of carbonyl (C=O) groups is 2. The van der Waals surface area contributed by atoms with Crippen molar-refractivity contribution in [3.63, 3.8) is 0 Å². The topological polar surface area (TPSA) is 64.0 Å². The van der Waals surface area contributed by atoms with Crippen molar-refractivity contribution in [2.24, 2.45) is 0 Å².